The van der Waals surface area contributed by atoms with E-state index in [0.717, 1.165) is 55.2 Å². The van der Waals surface area contributed by atoms with Crippen LogP contribution in [0.1, 0.15) is 52.5 Å². The van der Waals surface area contributed by atoms with Gasteiger partial charge >= 0.3 is 335 Å². The normalized spacial score (nSPS) is 15.2. The van der Waals surface area contributed by atoms with Crippen LogP contribution < -0.4 is 15.0 Å². The first kappa shape index (κ1) is 31.5. The van der Waals surface area contributed by atoms with Crippen molar-refractivity contribution in [2.24, 2.45) is 0 Å². The van der Waals surface area contributed by atoms with Crippen LogP contribution in [0, 0.1) is 29.6 Å². The number of benzene rings is 8. The Hall–Kier alpha value is -7.47. The van der Waals surface area contributed by atoms with Crippen molar-refractivity contribution in [2.45, 2.75) is 39.9 Å². The average molecular weight is 1070 g/mol. The monoisotopic (exact) mass is 1070 g/mol. The van der Waals surface area contributed by atoms with Crippen molar-refractivity contribution in [2.75, 3.05) is 4.81 Å². The molecule has 0 bridgehead atoms. The Bertz CT molecular complexity index is 4340. The predicted octanol–water partition coefficient (Wildman–Crippen LogP) is 14.0. The number of imidazole rings is 1. The number of rotatable bonds is 8. The van der Waals surface area contributed by atoms with E-state index in [4.69, 9.17) is 22.1 Å². The summed E-state index contributed by atoms with van der Waals surface area (Å²) in [6.07, 6.45) is 0. The average Bonchev–Trinajstić information content (AvgIpc) is 4.20. The quantitative estimate of drug-likeness (QED) is 0.112. The number of ether oxygens (including phenoxy) is 1. The molecule has 0 unspecified atom stereocenters. The van der Waals surface area contributed by atoms with E-state index in [1.54, 1.807) is 47.3 Å². The van der Waals surface area contributed by atoms with Crippen LogP contribution in [-0.2, 0) is 24.8 Å². The Morgan fingerprint density at radius 3 is 2.19 bits per heavy atom. The third kappa shape index (κ3) is 6.90. The zero-order valence-corrected chi connectivity index (χ0v) is 39.3. The van der Waals surface area contributed by atoms with E-state index in [1.807, 2.05) is 106 Å². The number of hydrogen-bond acceptors (Lipinski definition) is 3. The van der Waals surface area contributed by atoms with Crippen molar-refractivity contribution < 1.29 is 39.2 Å². The third-order valence-electron chi connectivity index (χ3n) is 12.6. The maximum absolute atomic E-state index is 9.20. The van der Waals surface area contributed by atoms with Crippen molar-refractivity contribution in [3.8, 4) is 45.3 Å². The molecule has 0 atom stereocenters. The summed E-state index contributed by atoms with van der Waals surface area (Å²) in [5, 5.41) is 1.78. The second kappa shape index (κ2) is 16.4. The number of hydrogen-bond donors (Lipinski definition) is 0. The fourth-order valence-electron chi connectivity index (χ4n) is 9.55. The molecule has 0 saturated heterocycles. The van der Waals surface area contributed by atoms with E-state index >= 15 is 0 Å². The van der Waals surface area contributed by atoms with Crippen LogP contribution in [0.25, 0.3) is 66.5 Å². The molecule has 0 aliphatic carbocycles. The zero-order chi connectivity index (χ0) is 55.6. The van der Waals surface area contributed by atoms with Crippen molar-refractivity contribution in [1.82, 2.24) is 18.6 Å². The minimum Gasteiger partial charge on any atom is -0.174 e. The molecule has 4 heterocycles. The minimum absolute atomic E-state index is 0.00363. The van der Waals surface area contributed by atoms with Gasteiger partial charge in [-0.15, -0.1) is 5.39 Å². The van der Waals surface area contributed by atoms with Crippen LogP contribution in [-0.4, -0.2) is 25.6 Å². The van der Waals surface area contributed by atoms with Gasteiger partial charge in [0.25, 0.3) is 0 Å². The van der Waals surface area contributed by atoms with E-state index in [0.29, 0.717) is 26.3 Å². The molecule has 0 saturated carbocycles. The first-order valence-corrected chi connectivity index (χ1v) is 23.3. The molecule has 332 valence electrons. The summed E-state index contributed by atoms with van der Waals surface area (Å²) < 4.78 is 110. The number of aromatic nitrogens is 4. The molecule has 6 nitrogen and oxygen atoms in total. The van der Waals surface area contributed by atoms with Crippen molar-refractivity contribution in [3.05, 3.63) is 221 Å². The van der Waals surface area contributed by atoms with Gasteiger partial charge in [0.1, 0.15) is 0 Å². The maximum atomic E-state index is 9.20. The van der Waals surface area contributed by atoms with Gasteiger partial charge in [-0.05, 0) is 11.5 Å². The summed E-state index contributed by atoms with van der Waals surface area (Å²) in [5.74, 6) is 0.145. The first-order chi connectivity index (χ1) is 37.6. The first-order valence-electron chi connectivity index (χ1n) is 27.7. The van der Waals surface area contributed by atoms with Gasteiger partial charge in [0.2, 0.25) is 0 Å². The van der Waals surface area contributed by atoms with E-state index in [-0.39, 0.29) is 51.5 Å². The summed E-state index contributed by atoms with van der Waals surface area (Å²) in [7, 11) is 0. The number of aryl methyl sites for hydroxylation is 2. The van der Waals surface area contributed by atoms with Gasteiger partial charge in [0.15, 0.2) is 0 Å². The van der Waals surface area contributed by atoms with Crippen molar-refractivity contribution in [1.29, 1.82) is 0 Å². The summed E-state index contributed by atoms with van der Waals surface area (Å²) in [6.45, 7) is 0.272. The predicted molar refractivity (Wildman–Crippen MR) is 276 cm³/mol. The van der Waals surface area contributed by atoms with Crippen LogP contribution in [0.3, 0.4) is 0 Å². The fraction of sp³-hybridized carbons (Fsp3) is 0.100. The molecule has 1 aliphatic rings. The number of anilines is 2. The van der Waals surface area contributed by atoms with Gasteiger partial charge in [-0.2, -0.15) is 12.1 Å². The Kier molecular flexibility index (Phi) is 7.59. The smallest absolute Gasteiger partial charge is 0.174 e. The van der Waals surface area contributed by atoms with Crippen molar-refractivity contribution >= 4 is 56.8 Å². The Labute approximate surface area is 423 Å². The molecule has 0 N–H and O–H groups in total. The van der Waals surface area contributed by atoms with Crippen LogP contribution in [0.4, 0.5) is 11.5 Å². The number of fused-ring (bicyclic) bond motifs is 4. The topological polar surface area (TPSA) is 40.1 Å². The molecule has 12 rings (SSSR count). The molecule has 8 aromatic carbocycles. The number of para-hydroxylation sites is 3. The van der Waals surface area contributed by atoms with Crippen LogP contribution in [0.5, 0.6) is 11.6 Å². The molecule has 0 radical (unpaired) electrons. The second-order valence-corrected chi connectivity index (χ2v) is 18.8. The van der Waals surface area contributed by atoms with Crippen molar-refractivity contribution in [3.63, 3.8) is 0 Å². The standard InChI is InChI=1S/C60H46BN5O.Pt/c1-40-35-49(42-19-8-6-9-20-42)58(50(36-40)43-21-16-22-44(37-43)60(3,4)5)64-39-63(52-28-14-15-29-53(52)64)46-34-33-41(2)55(38-46)67-57-32-18-31-56(62-57)65-54-30-17-26-48-47-25-12-13-27-51(47)66(59(48)54)61(65)45-23-10-7-11-24-45;/h6-29,31-37H,1-5H3;/q-2;/i1D3,2D3,7D,10D,11D,23D,24D;. The SMILES string of the molecule is [2H]c1c([2H])c([2H])c(B2N(c3cccc(Oc4[c-]c(-n5[c](=[Pt])n(-c6c(-c7ccccc7)cc(C([2H])([2H])[2H])cc6-c6cccc(C(C)(C)C)c6)c6ccccc65)ccc4C([2H])([2H])[2H])n3)c3[c-]ccc4c5ccccc5n2c34)c([2H])c1[2H]. The molecule has 68 heavy (non-hydrogen) atoms. The Balaban J connectivity index is 1.04. The minimum atomic E-state index is -2.67. The van der Waals surface area contributed by atoms with E-state index < -0.39 is 38.8 Å². The summed E-state index contributed by atoms with van der Waals surface area (Å²) in [5.41, 5.74) is 8.67. The van der Waals surface area contributed by atoms with E-state index in [1.165, 1.54) is 6.07 Å². The third-order valence-corrected chi connectivity index (χ3v) is 13.6. The Morgan fingerprint density at radius 1 is 0.691 bits per heavy atom. The molecule has 0 amide bonds. The summed E-state index contributed by atoms with van der Waals surface area (Å²) >= 11 is 2.26. The molecular weight excluding hydrogens is 1010 g/mol. The fourth-order valence-corrected chi connectivity index (χ4v) is 10.6. The molecule has 3 aromatic heterocycles. The van der Waals surface area contributed by atoms with Crippen LogP contribution in [0.15, 0.2) is 188 Å². The number of nitrogens with zero attached hydrogens (tertiary/aromatic N) is 5. The molecule has 11 aromatic rings. The second-order valence-electron chi connectivity index (χ2n) is 17.8. The molecule has 0 fully saturated rings. The Morgan fingerprint density at radius 2 is 1.41 bits per heavy atom. The van der Waals surface area contributed by atoms with Gasteiger partial charge in [-0.1, -0.05) is 48.4 Å². The van der Waals surface area contributed by atoms with Crippen LogP contribution in [0.2, 0.25) is 0 Å². The zero-order valence-electron chi connectivity index (χ0n) is 48.0. The summed E-state index contributed by atoms with van der Waals surface area (Å²) in [6, 6.07) is 53.4. The van der Waals surface area contributed by atoms with Gasteiger partial charge in [-0.3, -0.25) is 0 Å². The molecular formula is C60H46BN5OPt-2. The van der Waals surface area contributed by atoms with Crippen LogP contribution >= 0.6 is 0 Å². The molecule has 0 spiro atoms. The molecule has 8 heteroatoms. The van der Waals surface area contributed by atoms with E-state index in [2.05, 4.69) is 69.0 Å². The van der Waals surface area contributed by atoms with Gasteiger partial charge in [0, 0.05) is 5.52 Å². The van der Waals surface area contributed by atoms with E-state index in [9.17, 15) is 2.74 Å². The van der Waals surface area contributed by atoms with Gasteiger partial charge in [-0.25, -0.2) is 0 Å². The van der Waals surface area contributed by atoms with Gasteiger partial charge < -0.3 is 0 Å². The van der Waals surface area contributed by atoms with Gasteiger partial charge in [0.05, 0.1) is 6.85 Å². The molecule has 1 aliphatic heterocycles. The number of pyridine rings is 1. The summed E-state index contributed by atoms with van der Waals surface area (Å²) in [4.78, 5) is 6.77.